The van der Waals surface area contributed by atoms with Crippen LogP contribution in [0.1, 0.15) is 59.5 Å². The summed E-state index contributed by atoms with van der Waals surface area (Å²) in [5.74, 6) is 0.728. The number of imidazole rings is 1. The van der Waals surface area contributed by atoms with Crippen LogP contribution < -0.4 is 0 Å². The van der Waals surface area contributed by atoms with Gasteiger partial charge in [-0.1, -0.05) is 56.8 Å². The molecule has 0 aliphatic carbocycles. The first kappa shape index (κ1) is 33.2. The summed E-state index contributed by atoms with van der Waals surface area (Å²) in [6.07, 6.45) is 8.51. The summed E-state index contributed by atoms with van der Waals surface area (Å²) in [4.78, 5) is 9.46. The molecule has 6 heteroatoms. The summed E-state index contributed by atoms with van der Waals surface area (Å²) in [7, 11) is 0. The Balaban J connectivity index is 0.000000178. The van der Waals surface area contributed by atoms with Crippen LogP contribution in [0.25, 0.3) is 44.3 Å². The van der Waals surface area contributed by atoms with Gasteiger partial charge in [0.1, 0.15) is 0 Å². The zero-order valence-electron chi connectivity index (χ0n) is 28.0. The number of hydrogen-bond donors (Lipinski definition) is 0. The quantitative estimate of drug-likeness (QED) is 0.129. The molecule has 4 heterocycles. The van der Waals surface area contributed by atoms with E-state index in [0.29, 0.717) is 0 Å². The molecule has 3 aromatic carbocycles. The molecule has 0 amide bonds. The molecule has 7 rings (SSSR count). The third-order valence-corrected chi connectivity index (χ3v) is 8.75. The van der Waals surface area contributed by atoms with Gasteiger partial charge in [-0.15, -0.1) is 18.2 Å². The van der Waals surface area contributed by atoms with Crippen LogP contribution in [0.2, 0.25) is 0 Å². The van der Waals surface area contributed by atoms with Gasteiger partial charge in [0.2, 0.25) is 0 Å². The average molecular weight is 784 g/mol. The number of hydrogen-bond acceptors (Lipinski definition) is 3. The van der Waals surface area contributed by atoms with Crippen LogP contribution in [0.3, 0.4) is 0 Å². The molecule has 46 heavy (non-hydrogen) atoms. The number of fused-ring (bicyclic) bond motifs is 6. The molecule has 7 aromatic rings. The van der Waals surface area contributed by atoms with Gasteiger partial charge in [0.25, 0.3) is 0 Å². The van der Waals surface area contributed by atoms with Crippen molar-refractivity contribution in [1.82, 2.24) is 24.1 Å². The number of para-hydroxylation sites is 1. The van der Waals surface area contributed by atoms with Crippen LogP contribution >= 0.6 is 0 Å². The predicted molar refractivity (Wildman–Crippen MR) is 186 cm³/mol. The SMILES string of the molecule is CCC(C)Cc1cc(C)c(-c2cnn(-c3[c-]cccc3)c2)c(C)c1.Cc1c[c-]c2c(n1)c1c(C)ccc(C)c1n1cc(C)nc21.[Ir]. The number of pyridine rings is 2. The van der Waals surface area contributed by atoms with E-state index in [9.17, 15) is 0 Å². The molecule has 0 N–H and O–H groups in total. The van der Waals surface area contributed by atoms with Gasteiger partial charge in [-0.05, 0) is 103 Å². The molecule has 1 unspecified atom stereocenters. The van der Waals surface area contributed by atoms with Crippen LogP contribution in [0.4, 0.5) is 0 Å². The Bertz CT molecular complexity index is 2130. The molecule has 4 aromatic heterocycles. The van der Waals surface area contributed by atoms with Crippen LogP contribution in [0.5, 0.6) is 0 Å². The molecule has 0 fully saturated rings. The molecule has 5 nitrogen and oxygen atoms in total. The summed E-state index contributed by atoms with van der Waals surface area (Å²) in [5.41, 5.74) is 15.1. The molecule has 0 aliphatic rings. The van der Waals surface area contributed by atoms with Crippen molar-refractivity contribution >= 4 is 27.5 Å². The number of benzene rings is 3. The Kier molecular flexibility index (Phi) is 9.90. The standard InChI is InChI=1S/C22H25N2.C18H16N3.Ir/c1-5-16(2)11-19-12-17(3)22(18(4)13-19)20-14-23-24(15-20)21-9-7-6-8-10-21;1-10-5-6-11(2)17-15(10)16-14(8-7-12(3)19-16)18-20-13(4)9-21(17)18;/h6-9,12-16H,5,11H2,1-4H3;5-7,9H,1-4H3;/q2*-1;. The Morgan fingerprint density at radius 1 is 0.826 bits per heavy atom. The fraction of sp³-hybridized carbons (Fsp3) is 0.275. The minimum absolute atomic E-state index is 0. The first-order valence-electron chi connectivity index (χ1n) is 15.8. The molecular weight excluding hydrogens is 743 g/mol. The molecule has 0 bridgehead atoms. The van der Waals surface area contributed by atoms with Crippen molar-refractivity contribution in [3.63, 3.8) is 0 Å². The molecule has 0 aliphatic heterocycles. The van der Waals surface area contributed by atoms with Gasteiger partial charge in [-0.2, -0.15) is 29.4 Å². The zero-order chi connectivity index (χ0) is 31.8. The second-order valence-electron chi connectivity index (χ2n) is 12.5. The minimum Gasteiger partial charge on any atom is -0.348 e. The van der Waals surface area contributed by atoms with E-state index < -0.39 is 0 Å². The summed E-state index contributed by atoms with van der Waals surface area (Å²) in [6, 6.07) is 25.4. The fourth-order valence-corrected chi connectivity index (χ4v) is 6.39. The van der Waals surface area contributed by atoms with Crippen molar-refractivity contribution in [2.75, 3.05) is 0 Å². The van der Waals surface area contributed by atoms with E-state index in [-0.39, 0.29) is 20.1 Å². The van der Waals surface area contributed by atoms with Gasteiger partial charge >= 0.3 is 0 Å². The van der Waals surface area contributed by atoms with Crippen molar-refractivity contribution in [2.45, 2.75) is 68.2 Å². The van der Waals surface area contributed by atoms with Crippen LogP contribution in [0.15, 0.2) is 73.2 Å². The number of aromatic nitrogens is 5. The molecule has 0 saturated heterocycles. The van der Waals surface area contributed by atoms with Crippen molar-refractivity contribution in [3.05, 3.63) is 125 Å². The Morgan fingerprint density at radius 2 is 1.57 bits per heavy atom. The van der Waals surface area contributed by atoms with Crippen molar-refractivity contribution < 1.29 is 20.1 Å². The van der Waals surface area contributed by atoms with Gasteiger partial charge in [0.05, 0.1) is 11.8 Å². The molecule has 1 radical (unpaired) electrons. The van der Waals surface area contributed by atoms with Crippen LogP contribution in [-0.4, -0.2) is 24.1 Å². The van der Waals surface area contributed by atoms with Gasteiger partial charge in [-0.25, -0.2) is 0 Å². The van der Waals surface area contributed by atoms with Crippen LogP contribution in [0, 0.1) is 59.6 Å². The maximum Gasteiger partial charge on any atom is 0.0626 e. The smallest absolute Gasteiger partial charge is 0.0626 e. The zero-order valence-corrected chi connectivity index (χ0v) is 30.4. The number of rotatable bonds is 5. The maximum atomic E-state index is 4.78. The van der Waals surface area contributed by atoms with E-state index in [1.165, 1.54) is 50.7 Å². The first-order chi connectivity index (χ1) is 21.6. The first-order valence-corrected chi connectivity index (χ1v) is 15.8. The number of aryl methyl sites for hydroxylation is 6. The minimum atomic E-state index is 0. The second kappa shape index (κ2) is 13.7. The van der Waals surface area contributed by atoms with E-state index in [0.717, 1.165) is 51.5 Å². The molecule has 1 atom stereocenters. The van der Waals surface area contributed by atoms with E-state index in [4.69, 9.17) is 4.98 Å². The molecular formula is C40H41IrN5-2. The Labute approximate surface area is 286 Å². The monoisotopic (exact) mass is 784 g/mol. The molecule has 0 saturated carbocycles. The normalized spacial score (nSPS) is 11.8. The molecule has 237 valence electrons. The van der Waals surface area contributed by atoms with Gasteiger partial charge in [0, 0.05) is 49.3 Å². The van der Waals surface area contributed by atoms with Crippen molar-refractivity contribution in [1.29, 1.82) is 0 Å². The molecule has 0 spiro atoms. The van der Waals surface area contributed by atoms with Gasteiger partial charge in [-0.3, -0.25) is 9.67 Å². The third-order valence-electron chi connectivity index (χ3n) is 8.75. The topological polar surface area (TPSA) is 48.0 Å². The predicted octanol–water partition coefficient (Wildman–Crippen LogP) is 9.61. The summed E-state index contributed by atoms with van der Waals surface area (Å²) in [5, 5.41) is 6.71. The number of nitrogens with zero attached hydrogens (tertiary/aromatic N) is 5. The summed E-state index contributed by atoms with van der Waals surface area (Å²) >= 11 is 0. The summed E-state index contributed by atoms with van der Waals surface area (Å²) < 4.78 is 4.07. The van der Waals surface area contributed by atoms with Gasteiger partial charge < -0.3 is 9.38 Å². The van der Waals surface area contributed by atoms with Gasteiger partial charge in [0.15, 0.2) is 0 Å². The fourth-order valence-electron chi connectivity index (χ4n) is 6.39. The largest absolute Gasteiger partial charge is 0.348 e. The van der Waals surface area contributed by atoms with E-state index in [1.807, 2.05) is 55.1 Å². The van der Waals surface area contributed by atoms with E-state index in [2.05, 4.69) is 105 Å². The maximum absolute atomic E-state index is 4.78. The van der Waals surface area contributed by atoms with Crippen LogP contribution in [-0.2, 0) is 26.5 Å². The Hall–Kier alpha value is -4.12. The Morgan fingerprint density at radius 3 is 2.26 bits per heavy atom. The summed E-state index contributed by atoms with van der Waals surface area (Å²) in [6.45, 7) is 17.3. The second-order valence-corrected chi connectivity index (χ2v) is 12.5. The average Bonchev–Trinajstić information content (AvgIpc) is 3.66. The third kappa shape index (κ3) is 6.42. The van der Waals surface area contributed by atoms with Crippen molar-refractivity contribution in [3.8, 4) is 16.8 Å². The van der Waals surface area contributed by atoms with E-state index >= 15 is 0 Å². The van der Waals surface area contributed by atoms with E-state index in [1.54, 1.807) is 0 Å². The van der Waals surface area contributed by atoms with Crippen molar-refractivity contribution in [2.24, 2.45) is 5.92 Å².